The SMILES string of the molecule is CN1CCN(C(=O)c2cc(N)cn2C2CC2)C(C)(C)C1=O. The Morgan fingerprint density at radius 3 is 2.62 bits per heavy atom. The first kappa shape index (κ1) is 14.0. The Morgan fingerprint density at radius 1 is 1.33 bits per heavy atom. The minimum Gasteiger partial charge on any atom is -0.397 e. The molecule has 3 rings (SSSR count). The monoisotopic (exact) mass is 290 g/mol. The van der Waals surface area contributed by atoms with Crippen LogP contribution in [0.1, 0.15) is 43.2 Å². The number of nitrogens with zero attached hydrogens (tertiary/aromatic N) is 3. The highest BCUT2D eigenvalue weighted by Crippen LogP contribution is 2.38. The van der Waals surface area contributed by atoms with E-state index in [1.54, 1.807) is 36.8 Å². The van der Waals surface area contributed by atoms with Gasteiger partial charge in [-0.1, -0.05) is 0 Å². The van der Waals surface area contributed by atoms with Crippen LogP contribution < -0.4 is 5.73 Å². The number of nitrogen functional groups attached to an aromatic ring is 1. The highest BCUT2D eigenvalue weighted by molar-refractivity contribution is 5.99. The maximum Gasteiger partial charge on any atom is 0.271 e. The van der Waals surface area contributed by atoms with Crippen molar-refractivity contribution in [2.45, 2.75) is 38.3 Å². The van der Waals surface area contributed by atoms with Gasteiger partial charge in [-0.05, 0) is 32.8 Å². The zero-order valence-electron chi connectivity index (χ0n) is 12.8. The minimum atomic E-state index is -0.822. The van der Waals surface area contributed by atoms with Crippen LogP contribution in [0, 0.1) is 0 Å². The molecule has 0 unspecified atom stereocenters. The molecule has 2 N–H and O–H groups in total. The van der Waals surface area contributed by atoms with Crippen molar-refractivity contribution in [1.29, 1.82) is 0 Å². The molecule has 1 aromatic rings. The average Bonchev–Trinajstić information content (AvgIpc) is 3.18. The van der Waals surface area contributed by atoms with Crippen LogP contribution in [0.15, 0.2) is 12.3 Å². The fourth-order valence-corrected chi connectivity index (χ4v) is 3.03. The summed E-state index contributed by atoms with van der Waals surface area (Å²) >= 11 is 0. The van der Waals surface area contributed by atoms with Gasteiger partial charge in [-0.2, -0.15) is 0 Å². The first-order chi connectivity index (χ1) is 9.82. The number of aromatic nitrogens is 1. The Balaban J connectivity index is 1.93. The summed E-state index contributed by atoms with van der Waals surface area (Å²) in [5.74, 6) is -0.135. The van der Waals surface area contributed by atoms with Crippen molar-refractivity contribution in [1.82, 2.24) is 14.4 Å². The van der Waals surface area contributed by atoms with Gasteiger partial charge in [0.15, 0.2) is 0 Å². The summed E-state index contributed by atoms with van der Waals surface area (Å²) in [4.78, 5) is 28.6. The summed E-state index contributed by atoms with van der Waals surface area (Å²) in [5.41, 5.74) is 6.24. The van der Waals surface area contributed by atoms with Gasteiger partial charge in [0.05, 0.1) is 5.69 Å². The zero-order valence-corrected chi connectivity index (χ0v) is 12.8. The Bertz CT molecular complexity index is 601. The minimum absolute atomic E-state index is 0.0281. The molecule has 114 valence electrons. The molecule has 1 aliphatic carbocycles. The first-order valence-electron chi connectivity index (χ1n) is 7.37. The van der Waals surface area contributed by atoms with Crippen LogP contribution in [0.3, 0.4) is 0 Å². The smallest absolute Gasteiger partial charge is 0.271 e. The lowest BCUT2D eigenvalue weighted by molar-refractivity contribution is -0.144. The highest BCUT2D eigenvalue weighted by atomic mass is 16.2. The molecular weight excluding hydrogens is 268 g/mol. The molecule has 2 fully saturated rings. The number of carbonyl (C=O) groups is 2. The van der Waals surface area contributed by atoms with E-state index in [0.717, 1.165) is 12.8 Å². The van der Waals surface area contributed by atoms with E-state index < -0.39 is 5.54 Å². The molecule has 1 saturated carbocycles. The second kappa shape index (κ2) is 4.51. The summed E-state index contributed by atoms with van der Waals surface area (Å²) in [7, 11) is 1.77. The van der Waals surface area contributed by atoms with E-state index in [2.05, 4.69) is 0 Å². The predicted octanol–water partition coefficient (Wildman–Crippen LogP) is 1.10. The van der Waals surface area contributed by atoms with Crippen LogP contribution in [0.2, 0.25) is 0 Å². The van der Waals surface area contributed by atoms with Gasteiger partial charge in [-0.25, -0.2) is 0 Å². The van der Waals surface area contributed by atoms with Crippen molar-refractivity contribution >= 4 is 17.5 Å². The zero-order chi connectivity index (χ0) is 15.4. The third-order valence-corrected chi connectivity index (χ3v) is 4.48. The number of piperazine rings is 1. The molecule has 21 heavy (non-hydrogen) atoms. The van der Waals surface area contributed by atoms with E-state index in [4.69, 9.17) is 5.73 Å². The summed E-state index contributed by atoms with van der Waals surface area (Å²) in [5, 5.41) is 0. The van der Waals surface area contributed by atoms with Gasteiger partial charge in [0.2, 0.25) is 5.91 Å². The molecule has 1 saturated heterocycles. The summed E-state index contributed by atoms with van der Waals surface area (Å²) in [6.45, 7) is 4.71. The predicted molar refractivity (Wildman–Crippen MR) is 79.9 cm³/mol. The number of likely N-dealkylation sites (N-methyl/N-ethyl adjacent to an activating group) is 1. The molecule has 1 aliphatic heterocycles. The second-order valence-electron chi connectivity index (χ2n) is 6.54. The van der Waals surface area contributed by atoms with Crippen molar-refractivity contribution < 1.29 is 9.59 Å². The molecule has 0 spiro atoms. The Labute approximate surface area is 124 Å². The van der Waals surface area contributed by atoms with E-state index in [9.17, 15) is 9.59 Å². The fraction of sp³-hybridized carbons (Fsp3) is 0.600. The summed E-state index contributed by atoms with van der Waals surface area (Å²) < 4.78 is 1.97. The third-order valence-electron chi connectivity index (χ3n) is 4.48. The van der Waals surface area contributed by atoms with Crippen LogP contribution in [0.5, 0.6) is 0 Å². The molecule has 1 aromatic heterocycles. The van der Waals surface area contributed by atoms with Crippen LogP contribution in [0.25, 0.3) is 0 Å². The Hall–Kier alpha value is -1.98. The van der Waals surface area contributed by atoms with Crippen molar-refractivity contribution in [3.05, 3.63) is 18.0 Å². The molecule has 0 radical (unpaired) electrons. The lowest BCUT2D eigenvalue weighted by atomic mass is 9.97. The molecule has 2 aliphatic rings. The van der Waals surface area contributed by atoms with E-state index >= 15 is 0 Å². The van der Waals surface area contributed by atoms with Gasteiger partial charge < -0.3 is 20.1 Å². The third kappa shape index (κ3) is 2.18. The van der Waals surface area contributed by atoms with Crippen molar-refractivity contribution in [2.24, 2.45) is 0 Å². The van der Waals surface area contributed by atoms with Gasteiger partial charge in [-0.15, -0.1) is 0 Å². The number of nitrogens with two attached hydrogens (primary N) is 1. The van der Waals surface area contributed by atoms with Crippen LogP contribution in [-0.2, 0) is 4.79 Å². The normalized spacial score (nSPS) is 21.8. The van der Waals surface area contributed by atoms with Gasteiger partial charge in [0, 0.05) is 32.4 Å². The van der Waals surface area contributed by atoms with Crippen LogP contribution in [-0.4, -0.2) is 51.9 Å². The number of hydrogen-bond acceptors (Lipinski definition) is 3. The number of rotatable bonds is 2. The fourth-order valence-electron chi connectivity index (χ4n) is 3.03. The van der Waals surface area contributed by atoms with Crippen LogP contribution in [0.4, 0.5) is 5.69 Å². The van der Waals surface area contributed by atoms with E-state index in [-0.39, 0.29) is 11.8 Å². The van der Waals surface area contributed by atoms with Crippen molar-refractivity contribution in [3.63, 3.8) is 0 Å². The lowest BCUT2D eigenvalue weighted by Crippen LogP contribution is -2.63. The maximum absolute atomic E-state index is 12.9. The topological polar surface area (TPSA) is 71.6 Å². The molecule has 6 heteroatoms. The maximum atomic E-state index is 12.9. The van der Waals surface area contributed by atoms with Crippen molar-refractivity contribution in [3.8, 4) is 0 Å². The van der Waals surface area contributed by atoms with E-state index in [0.29, 0.717) is 30.5 Å². The standard InChI is InChI=1S/C15H22N4O2/c1-15(2)14(21)17(3)6-7-19(15)13(20)12-8-10(16)9-18(12)11-4-5-11/h8-9,11H,4-7,16H2,1-3H3. The average molecular weight is 290 g/mol. The number of hydrogen-bond donors (Lipinski definition) is 1. The molecule has 2 amide bonds. The van der Waals surface area contributed by atoms with Gasteiger partial charge in [0.25, 0.3) is 5.91 Å². The Kier molecular flexibility index (Phi) is 3.00. The second-order valence-corrected chi connectivity index (χ2v) is 6.54. The largest absolute Gasteiger partial charge is 0.397 e. The number of amides is 2. The number of carbonyl (C=O) groups excluding carboxylic acids is 2. The van der Waals surface area contributed by atoms with Gasteiger partial charge in [0.1, 0.15) is 11.2 Å². The highest BCUT2D eigenvalue weighted by Gasteiger charge is 2.44. The molecule has 0 aromatic carbocycles. The molecule has 2 heterocycles. The molecule has 0 atom stereocenters. The van der Waals surface area contributed by atoms with Crippen molar-refractivity contribution in [2.75, 3.05) is 25.9 Å². The van der Waals surface area contributed by atoms with E-state index in [1.807, 2.05) is 10.8 Å². The quantitative estimate of drug-likeness (QED) is 0.886. The van der Waals surface area contributed by atoms with Gasteiger partial charge >= 0.3 is 0 Å². The lowest BCUT2D eigenvalue weighted by Gasteiger charge is -2.44. The summed E-state index contributed by atoms with van der Waals surface area (Å²) in [6, 6.07) is 2.10. The number of anilines is 1. The summed E-state index contributed by atoms with van der Waals surface area (Å²) in [6.07, 6.45) is 3.99. The molecular formula is C15H22N4O2. The first-order valence-corrected chi connectivity index (χ1v) is 7.37. The Morgan fingerprint density at radius 2 is 2.00 bits per heavy atom. The van der Waals surface area contributed by atoms with Crippen LogP contribution >= 0.6 is 0 Å². The molecule has 6 nitrogen and oxygen atoms in total. The van der Waals surface area contributed by atoms with E-state index in [1.165, 1.54) is 0 Å². The van der Waals surface area contributed by atoms with Gasteiger partial charge in [-0.3, -0.25) is 9.59 Å². The molecule has 0 bridgehead atoms.